The van der Waals surface area contributed by atoms with Gasteiger partial charge in [0.1, 0.15) is 5.03 Å². The Morgan fingerprint density at radius 2 is 2.04 bits per heavy atom. The Labute approximate surface area is 170 Å². The molecule has 0 bridgehead atoms. The van der Waals surface area contributed by atoms with E-state index >= 15 is 0 Å². The minimum atomic E-state index is -0.121. The summed E-state index contributed by atoms with van der Waals surface area (Å²) in [5.41, 5.74) is 0.675. The highest BCUT2D eigenvalue weighted by molar-refractivity contribution is 8.00. The molecule has 1 fully saturated rings. The molecule has 1 saturated heterocycles. The van der Waals surface area contributed by atoms with Gasteiger partial charge in [-0.15, -0.1) is 21.5 Å². The number of piperidine rings is 1. The summed E-state index contributed by atoms with van der Waals surface area (Å²) in [6.45, 7) is 3.80. The molecule has 1 aliphatic rings. The van der Waals surface area contributed by atoms with E-state index in [2.05, 4.69) is 22.2 Å². The first-order chi connectivity index (χ1) is 13.2. The molecule has 0 spiro atoms. The van der Waals surface area contributed by atoms with Crippen molar-refractivity contribution in [1.82, 2.24) is 24.7 Å². The van der Waals surface area contributed by atoms with Crippen molar-refractivity contribution >= 4 is 46.3 Å². The van der Waals surface area contributed by atoms with Gasteiger partial charge in [-0.3, -0.25) is 4.79 Å². The van der Waals surface area contributed by atoms with Gasteiger partial charge in [0, 0.05) is 13.1 Å². The maximum atomic E-state index is 12.9. The van der Waals surface area contributed by atoms with Crippen molar-refractivity contribution in [3.63, 3.8) is 0 Å². The Morgan fingerprint density at radius 1 is 1.22 bits per heavy atom. The monoisotopic (exact) mass is 421 g/mol. The largest absolute Gasteiger partial charge is 0.342 e. The van der Waals surface area contributed by atoms with E-state index in [1.807, 2.05) is 29.2 Å². The van der Waals surface area contributed by atoms with E-state index in [-0.39, 0.29) is 11.2 Å². The standard InChI is InChI=1S/C18H20ClN5OS2/c1-2-12(18(25)23-10-4-3-5-11-23)27-16-9-8-15-20-21-17(24(15)22-16)13-6-7-14(19)26-13/h6-9,12H,2-5,10-11H2,1H3. The zero-order valence-electron chi connectivity index (χ0n) is 15.0. The molecule has 6 nitrogen and oxygen atoms in total. The van der Waals surface area contributed by atoms with Gasteiger partial charge in [0.2, 0.25) is 5.91 Å². The topological polar surface area (TPSA) is 63.4 Å². The van der Waals surface area contributed by atoms with Crippen LogP contribution in [-0.2, 0) is 4.79 Å². The summed E-state index contributed by atoms with van der Waals surface area (Å²) in [5, 5.41) is 13.8. The minimum Gasteiger partial charge on any atom is -0.342 e. The molecule has 27 heavy (non-hydrogen) atoms. The van der Waals surface area contributed by atoms with Crippen molar-refractivity contribution in [2.45, 2.75) is 42.9 Å². The molecule has 1 amide bonds. The lowest BCUT2D eigenvalue weighted by Crippen LogP contribution is -2.40. The van der Waals surface area contributed by atoms with Crippen LogP contribution in [0.25, 0.3) is 16.3 Å². The Balaban J connectivity index is 1.58. The van der Waals surface area contributed by atoms with Crippen molar-refractivity contribution < 1.29 is 4.79 Å². The molecule has 4 rings (SSSR count). The van der Waals surface area contributed by atoms with Gasteiger partial charge in [0.25, 0.3) is 0 Å². The minimum absolute atomic E-state index is 0.121. The van der Waals surface area contributed by atoms with Crippen LogP contribution in [0.15, 0.2) is 29.3 Å². The number of carbonyl (C=O) groups excluding carboxylic acids is 1. The van der Waals surface area contributed by atoms with Gasteiger partial charge in [-0.2, -0.15) is 9.61 Å². The van der Waals surface area contributed by atoms with E-state index in [1.165, 1.54) is 29.5 Å². The first-order valence-electron chi connectivity index (χ1n) is 9.09. The number of aromatic nitrogens is 4. The predicted molar refractivity (Wildman–Crippen MR) is 109 cm³/mol. The fourth-order valence-electron chi connectivity index (χ4n) is 3.20. The number of thiophene rings is 1. The van der Waals surface area contributed by atoms with Crippen molar-refractivity contribution in [2.75, 3.05) is 13.1 Å². The summed E-state index contributed by atoms with van der Waals surface area (Å²) in [6.07, 6.45) is 4.19. The molecule has 1 atom stereocenters. The zero-order chi connectivity index (χ0) is 18.8. The van der Waals surface area contributed by atoms with Crippen molar-refractivity contribution in [1.29, 1.82) is 0 Å². The Kier molecular flexibility index (Phi) is 5.66. The van der Waals surface area contributed by atoms with E-state index in [9.17, 15) is 4.79 Å². The number of hydrogen-bond acceptors (Lipinski definition) is 6. The second kappa shape index (κ2) is 8.16. The number of halogens is 1. The molecule has 0 N–H and O–H groups in total. The van der Waals surface area contributed by atoms with Crippen LogP contribution in [0.3, 0.4) is 0 Å². The summed E-state index contributed by atoms with van der Waals surface area (Å²) in [4.78, 5) is 15.8. The zero-order valence-corrected chi connectivity index (χ0v) is 17.4. The molecule has 3 aromatic rings. The molecular weight excluding hydrogens is 402 g/mol. The number of amides is 1. The summed E-state index contributed by atoms with van der Waals surface area (Å²) in [5.74, 6) is 0.887. The molecule has 0 aromatic carbocycles. The van der Waals surface area contributed by atoms with Gasteiger partial charge in [-0.25, -0.2) is 0 Å². The highest BCUT2D eigenvalue weighted by Crippen LogP contribution is 2.31. The quantitative estimate of drug-likeness (QED) is 0.571. The molecule has 3 aromatic heterocycles. The van der Waals surface area contributed by atoms with Crippen molar-refractivity contribution in [2.24, 2.45) is 0 Å². The van der Waals surface area contributed by atoms with Gasteiger partial charge in [0.05, 0.1) is 14.5 Å². The van der Waals surface area contributed by atoms with Crippen LogP contribution in [0.2, 0.25) is 4.34 Å². The number of rotatable bonds is 5. The lowest BCUT2D eigenvalue weighted by Gasteiger charge is -2.29. The summed E-state index contributed by atoms with van der Waals surface area (Å²) >= 11 is 9.01. The summed E-state index contributed by atoms with van der Waals surface area (Å²) in [7, 11) is 0. The van der Waals surface area contributed by atoms with Crippen LogP contribution in [0.1, 0.15) is 32.6 Å². The summed E-state index contributed by atoms with van der Waals surface area (Å²) in [6, 6.07) is 7.55. The van der Waals surface area contributed by atoms with E-state index in [0.29, 0.717) is 15.8 Å². The lowest BCUT2D eigenvalue weighted by atomic mass is 10.1. The first kappa shape index (κ1) is 18.7. The number of carbonyl (C=O) groups is 1. The molecule has 1 unspecified atom stereocenters. The molecule has 0 radical (unpaired) electrons. The predicted octanol–water partition coefficient (Wildman–Crippen LogP) is 4.39. The Hall–Kier alpha value is -1.64. The van der Waals surface area contributed by atoms with Gasteiger partial charge in [-0.1, -0.05) is 30.3 Å². The molecular formula is C18H20ClN5OS2. The maximum Gasteiger partial charge on any atom is 0.236 e. The molecule has 0 aliphatic carbocycles. The third-order valence-electron chi connectivity index (χ3n) is 4.61. The third-order valence-corrected chi connectivity index (χ3v) is 7.11. The van der Waals surface area contributed by atoms with Gasteiger partial charge in [-0.05, 0) is 49.9 Å². The second-order valence-corrected chi connectivity index (χ2v) is 9.41. The average molecular weight is 422 g/mol. The average Bonchev–Trinajstić information content (AvgIpc) is 3.31. The van der Waals surface area contributed by atoms with Crippen LogP contribution in [0, 0.1) is 0 Å². The molecule has 142 valence electrons. The highest BCUT2D eigenvalue weighted by Gasteiger charge is 2.26. The van der Waals surface area contributed by atoms with Crippen molar-refractivity contribution in [3.8, 4) is 10.7 Å². The summed E-state index contributed by atoms with van der Waals surface area (Å²) < 4.78 is 2.42. The lowest BCUT2D eigenvalue weighted by molar-refractivity contribution is -0.131. The molecule has 0 saturated carbocycles. The van der Waals surface area contributed by atoms with E-state index < -0.39 is 0 Å². The highest BCUT2D eigenvalue weighted by atomic mass is 35.5. The maximum absolute atomic E-state index is 12.9. The van der Waals surface area contributed by atoms with Crippen LogP contribution in [0.4, 0.5) is 0 Å². The first-order valence-corrected chi connectivity index (χ1v) is 11.2. The number of nitrogens with zero attached hydrogens (tertiary/aromatic N) is 5. The van der Waals surface area contributed by atoms with Gasteiger partial charge < -0.3 is 4.90 Å². The van der Waals surface area contributed by atoms with Crippen LogP contribution < -0.4 is 0 Å². The normalized spacial score (nSPS) is 16.0. The number of hydrogen-bond donors (Lipinski definition) is 0. The second-order valence-electron chi connectivity index (χ2n) is 6.47. The van der Waals surface area contributed by atoms with Crippen LogP contribution in [-0.4, -0.2) is 49.0 Å². The number of fused-ring (bicyclic) bond motifs is 1. The van der Waals surface area contributed by atoms with Gasteiger partial charge >= 0.3 is 0 Å². The number of likely N-dealkylation sites (tertiary alicyclic amines) is 1. The van der Waals surface area contributed by atoms with Crippen molar-refractivity contribution in [3.05, 3.63) is 28.6 Å². The van der Waals surface area contributed by atoms with Crippen LogP contribution in [0.5, 0.6) is 0 Å². The molecule has 9 heteroatoms. The smallest absolute Gasteiger partial charge is 0.236 e. The Bertz CT molecular complexity index is 950. The van der Waals surface area contributed by atoms with E-state index in [4.69, 9.17) is 11.6 Å². The van der Waals surface area contributed by atoms with Gasteiger partial charge in [0.15, 0.2) is 11.5 Å². The Morgan fingerprint density at radius 3 is 2.74 bits per heavy atom. The van der Waals surface area contributed by atoms with E-state index in [0.717, 1.165) is 42.3 Å². The van der Waals surface area contributed by atoms with E-state index in [1.54, 1.807) is 4.52 Å². The van der Waals surface area contributed by atoms with Crippen LogP contribution >= 0.6 is 34.7 Å². The molecule has 1 aliphatic heterocycles. The molecule has 4 heterocycles. The SMILES string of the molecule is CCC(Sc1ccc2nnc(-c3ccc(Cl)s3)n2n1)C(=O)N1CCCCC1. The fourth-order valence-corrected chi connectivity index (χ4v) is 5.19. The third kappa shape index (κ3) is 3.97. The fraction of sp³-hybridized carbons (Fsp3) is 0.444. The number of thioether (sulfide) groups is 1.